The van der Waals surface area contributed by atoms with Gasteiger partial charge in [-0.15, -0.1) is 0 Å². The largest absolute Gasteiger partial charge is 0.407 e. The van der Waals surface area contributed by atoms with E-state index < -0.39 is 31.8 Å². The van der Waals surface area contributed by atoms with Crippen LogP contribution < -0.4 is 16.4 Å². The van der Waals surface area contributed by atoms with Crippen LogP contribution in [-0.2, 0) is 22.3 Å². The molecule has 0 spiro atoms. The molecule has 1 heterocycles. The molecule has 0 saturated heterocycles. The van der Waals surface area contributed by atoms with Crippen LogP contribution in [0.2, 0.25) is 11.1 Å². The Hall–Kier alpha value is -2.04. The standard InChI is InChI=1S/C23H36N2O6Si/c1-16(2)32(17(3)4,31-15-18-9-7-6-8-10-18)21-13-25(23(29)24-22(21)28)12-11-19(27)20(14-26)30-5/h6-10,13,16-17,19-20,26-27H,11-12,14-15H2,1-5H3,(H,24,28,29)/t19-,20-/m1/s1. The molecule has 0 amide bonds. The van der Waals surface area contributed by atoms with Gasteiger partial charge in [0.2, 0.25) is 8.32 Å². The van der Waals surface area contributed by atoms with Gasteiger partial charge in [0.05, 0.1) is 19.3 Å². The fourth-order valence-electron chi connectivity index (χ4n) is 4.24. The maximum Gasteiger partial charge on any atom is 0.328 e. The highest BCUT2D eigenvalue weighted by Crippen LogP contribution is 2.33. The molecule has 0 radical (unpaired) electrons. The van der Waals surface area contributed by atoms with Crippen LogP contribution in [0.1, 0.15) is 39.7 Å². The minimum atomic E-state index is -2.83. The molecule has 8 nitrogen and oxygen atoms in total. The predicted molar refractivity (Wildman–Crippen MR) is 127 cm³/mol. The lowest BCUT2D eigenvalue weighted by molar-refractivity contribution is -0.0452. The molecule has 32 heavy (non-hydrogen) atoms. The van der Waals surface area contributed by atoms with Crippen molar-refractivity contribution in [2.45, 2.75) is 70.6 Å². The number of nitrogens with one attached hydrogen (secondary N) is 1. The average Bonchev–Trinajstić information content (AvgIpc) is 2.75. The third kappa shape index (κ3) is 5.84. The van der Waals surface area contributed by atoms with Crippen molar-refractivity contribution in [3.63, 3.8) is 0 Å². The molecule has 2 atom stereocenters. The van der Waals surface area contributed by atoms with Crippen molar-refractivity contribution in [1.82, 2.24) is 9.55 Å². The third-order valence-electron chi connectivity index (χ3n) is 6.05. The van der Waals surface area contributed by atoms with E-state index in [0.29, 0.717) is 11.8 Å². The molecule has 2 aromatic rings. The van der Waals surface area contributed by atoms with Crippen LogP contribution in [0, 0.1) is 0 Å². The number of H-pyrrole nitrogens is 1. The molecule has 178 valence electrons. The molecule has 1 aromatic carbocycles. The number of aliphatic hydroxyl groups excluding tert-OH is 2. The Morgan fingerprint density at radius 1 is 1.09 bits per heavy atom. The summed E-state index contributed by atoms with van der Waals surface area (Å²) < 4.78 is 13.1. The monoisotopic (exact) mass is 464 g/mol. The average molecular weight is 465 g/mol. The number of aliphatic hydroxyl groups is 2. The lowest BCUT2D eigenvalue weighted by Gasteiger charge is -2.38. The van der Waals surface area contributed by atoms with Crippen LogP contribution in [0.15, 0.2) is 46.1 Å². The Kier molecular flexibility index (Phi) is 9.59. The van der Waals surface area contributed by atoms with Gasteiger partial charge in [-0.05, 0) is 23.1 Å². The van der Waals surface area contributed by atoms with Crippen LogP contribution in [0.5, 0.6) is 0 Å². The number of nitrogens with zero attached hydrogens (tertiary/aromatic N) is 1. The first-order chi connectivity index (χ1) is 15.2. The van der Waals surface area contributed by atoms with Crippen molar-refractivity contribution in [3.05, 3.63) is 62.9 Å². The molecule has 0 bridgehead atoms. The molecule has 1 aromatic heterocycles. The van der Waals surface area contributed by atoms with Crippen molar-refractivity contribution in [2.24, 2.45) is 0 Å². The quantitative estimate of drug-likeness (QED) is 0.410. The molecule has 0 unspecified atom stereocenters. The summed E-state index contributed by atoms with van der Waals surface area (Å²) in [6.07, 6.45) is 0.111. The lowest BCUT2D eigenvalue weighted by atomic mass is 10.1. The molecule has 0 aliphatic heterocycles. The van der Waals surface area contributed by atoms with E-state index in [9.17, 15) is 19.8 Å². The predicted octanol–water partition coefficient (Wildman–Crippen LogP) is 1.48. The first kappa shape index (κ1) is 26.2. The second kappa shape index (κ2) is 11.7. The van der Waals surface area contributed by atoms with E-state index in [1.165, 1.54) is 11.7 Å². The van der Waals surface area contributed by atoms with Crippen molar-refractivity contribution in [1.29, 1.82) is 0 Å². The second-order valence-corrected chi connectivity index (χ2v) is 13.4. The molecule has 9 heteroatoms. The number of ether oxygens (including phenoxy) is 1. The molecular weight excluding hydrogens is 428 g/mol. The van der Waals surface area contributed by atoms with Crippen LogP contribution in [-0.4, -0.2) is 54.0 Å². The fourth-order valence-corrected chi connectivity index (χ4v) is 8.82. The normalized spacial score (nSPS) is 14.2. The summed E-state index contributed by atoms with van der Waals surface area (Å²) >= 11 is 0. The van der Waals surface area contributed by atoms with E-state index in [1.54, 1.807) is 6.20 Å². The van der Waals surface area contributed by atoms with Crippen LogP contribution in [0.3, 0.4) is 0 Å². The summed E-state index contributed by atoms with van der Waals surface area (Å²) in [6, 6.07) is 9.81. The number of aryl methyl sites for hydroxylation is 1. The highest BCUT2D eigenvalue weighted by Gasteiger charge is 2.46. The highest BCUT2D eigenvalue weighted by atomic mass is 28.4. The summed E-state index contributed by atoms with van der Waals surface area (Å²) in [6.45, 7) is 8.45. The number of hydrogen-bond donors (Lipinski definition) is 3. The van der Waals surface area contributed by atoms with Crippen LogP contribution in [0.4, 0.5) is 0 Å². The molecule has 0 aliphatic rings. The van der Waals surface area contributed by atoms with Crippen LogP contribution in [0.25, 0.3) is 0 Å². The van der Waals surface area contributed by atoms with Crippen molar-refractivity contribution >= 4 is 13.5 Å². The lowest BCUT2D eigenvalue weighted by Crippen LogP contribution is -2.63. The van der Waals surface area contributed by atoms with Gasteiger partial charge in [-0.1, -0.05) is 58.0 Å². The summed E-state index contributed by atoms with van der Waals surface area (Å²) in [7, 11) is -1.42. The van der Waals surface area contributed by atoms with E-state index in [1.807, 2.05) is 30.3 Å². The molecular formula is C23H36N2O6Si. The summed E-state index contributed by atoms with van der Waals surface area (Å²) in [5, 5.41) is 20.1. The van der Waals surface area contributed by atoms with Gasteiger partial charge < -0.3 is 23.9 Å². The zero-order chi connectivity index (χ0) is 23.9. The fraction of sp³-hybridized carbons (Fsp3) is 0.565. The number of aromatic nitrogens is 2. The summed E-state index contributed by atoms with van der Waals surface area (Å²) in [4.78, 5) is 27.9. The number of rotatable bonds is 12. The van der Waals surface area contributed by atoms with Gasteiger partial charge in [0.25, 0.3) is 5.56 Å². The van der Waals surface area contributed by atoms with Crippen molar-refractivity contribution in [2.75, 3.05) is 13.7 Å². The van der Waals surface area contributed by atoms with Gasteiger partial charge in [-0.2, -0.15) is 0 Å². The Balaban J connectivity index is 2.43. The first-order valence-electron chi connectivity index (χ1n) is 11.0. The molecule has 0 saturated carbocycles. The van der Waals surface area contributed by atoms with Gasteiger partial charge in [-0.25, -0.2) is 4.79 Å². The zero-order valence-electron chi connectivity index (χ0n) is 19.6. The molecule has 3 N–H and O–H groups in total. The maximum atomic E-state index is 13.0. The van der Waals surface area contributed by atoms with Gasteiger partial charge in [-0.3, -0.25) is 9.78 Å². The topological polar surface area (TPSA) is 114 Å². The number of hydrogen-bond acceptors (Lipinski definition) is 6. The Morgan fingerprint density at radius 2 is 1.72 bits per heavy atom. The van der Waals surface area contributed by atoms with E-state index in [-0.39, 0.29) is 30.7 Å². The van der Waals surface area contributed by atoms with Crippen molar-refractivity contribution < 1.29 is 19.4 Å². The second-order valence-electron chi connectivity index (χ2n) is 8.68. The van der Waals surface area contributed by atoms with Crippen LogP contribution >= 0.6 is 0 Å². The Labute approximate surface area is 190 Å². The smallest absolute Gasteiger partial charge is 0.328 e. The molecule has 2 rings (SSSR count). The minimum absolute atomic E-state index is 0.0797. The minimum Gasteiger partial charge on any atom is -0.407 e. The van der Waals surface area contributed by atoms with Gasteiger partial charge in [0, 0.05) is 25.0 Å². The van der Waals surface area contributed by atoms with E-state index in [4.69, 9.17) is 9.16 Å². The maximum absolute atomic E-state index is 13.0. The third-order valence-corrected chi connectivity index (χ3v) is 11.3. The zero-order valence-corrected chi connectivity index (χ0v) is 20.6. The van der Waals surface area contributed by atoms with Gasteiger partial charge in [0.15, 0.2) is 0 Å². The first-order valence-corrected chi connectivity index (χ1v) is 13.1. The molecule has 0 fully saturated rings. The number of aromatic amines is 1. The highest BCUT2D eigenvalue weighted by molar-refractivity contribution is 6.88. The summed E-state index contributed by atoms with van der Waals surface area (Å²) in [5.41, 5.74) is 0.224. The number of methoxy groups -OCH3 is 1. The SMILES string of the molecule is CO[C@H](CO)[C@H](O)CCn1cc([Si](OCc2ccccc2)(C(C)C)C(C)C)c(=O)[nH]c1=O. The van der Waals surface area contributed by atoms with Gasteiger partial charge in [0.1, 0.15) is 6.10 Å². The van der Waals surface area contributed by atoms with E-state index in [2.05, 4.69) is 32.7 Å². The van der Waals surface area contributed by atoms with E-state index in [0.717, 1.165) is 5.56 Å². The number of benzene rings is 1. The van der Waals surface area contributed by atoms with Crippen molar-refractivity contribution in [3.8, 4) is 0 Å². The molecule has 0 aliphatic carbocycles. The Bertz CT molecular complexity index is 945. The Morgan fingerprint density at radius 3 is 2.25 bits per heavy atom. The van der Waals surface area contributed by atoms with E-state index >= 15 is 0 Å². The summed E-state index contributed by atoms with van der Waals surface area (Å²) in [5.74, 6) is 0. The van der Waals surface area contributed by atoms with Gasteiger partial charge >= 0.3 is 5.69 Å².